The minimum Gasteiger partial charge on any atom is -0.497 e. The van der Waals surface area contributed by atoms with E-state index in [-0.39, 0.29) is 29.4 Å². The minimum atomic E-state index is -0.510. The average molecular weight is 439 g/mol. The third-order valence-corrected chi connectivity index (χ3v) is 5.02. The van der Waals surface area contributed by atoms with Crippen LogP contribution in [0.2, 0.25) is 0 Å². The number of nitrogens with zero attached hydrogens (tertiary/aromatic N) is 1. The van der Waals surface area contributed by atoms with Crippen molar-refractivity contribution in [3.8, 4) is 17.0 Å². The largest absolute Gasteiger partial charge is 0.497 e. The molecule has 160 valence electrons. The van der Waals surface area contributed by atoms with E-state index in [1.165, 1.54) is 6.07 Å². The first kappa shape index (κ1) is 22.1. The molecule has 3 aromatic rings. The van der Waals surface area contributed by atoms with Gasteiger partial charge in [-0.25, -0.2) is 9.78 Å². The van der Waals surface area contributed by atoms with Gasteiger partial charge < -0.3 is 19.8 Å². The van der Waals surface area contributed by atoms with Gasteiger partial charge in [0.2, 0.25) is 5.91 Å². The van der Waals surface area contributed by atoms with E-state index >= 15 is 0 Å². The Hall–Kier alpha value is -3.59. The van der Waals surface area contributed by atoms with E-state index in [1.807, 2.05) is 0 Å². The van der Waals surface area contributed by atoms with Crippen LogP contribution >= 0.6 is 11.8 Å². The standard InChI is InChI=1S/C22H21N3O5S/c1-3-30-21(28)16-6-4-5-7-17(16)23-20(27)13-31-22-24-18(12-19(26)25-22)14-8-10-15(29-2)11-9-14/h4-12H,3,13H2,1-2H3,(H,23,27)(H,24,25,26). The van der Waals surface area contributed by atoms with Crippen LogP contribution in [0.25, 0.3) is 11.3 Å². The van der Waals surface area contributed by atoms with E-state index in [0.717, 1.165) is 17.3 Å². The number of rotatable bonds is 8. The normalized spacial score (nSPS) is 10.4. The molecule has 0 saturated carbocycles. The van der Waals surface area contributed by atoms with Gasteiger partial charge in [0.05, 0.1) is 36.4 Å². The van der Waals surface area contributed by atoms with E-state index in [1.54, 1.807) is 62.6 Å². The lowest BCUT2D eigenvalue weighted by molar-refractivity contribution is -0.113. The second-order valence-electron chi connectivity index (χ2n) is 6.27. The molecular weight excluding hydrogens is 418 g/mol. The summed E-state index contributed by atoms with van der Waals surface area (Å²) in [4.78, 5) is 43.5. The Bertz CT molecular complexity index is 1130. The summed E-state index contributed by atoms with van der Waals surface area (Å²) >= 11 is 1.08. The molecule has 0 aliphatic carbocycles. The summed E-state index contributed by atoms with van der Waals surface area (Å²) in [5.41, 5.74) is 1.55. The van der Waals surface area contributed by atoms with Crippen molar-refractivity contribution in [3.63, 3.8) is 0 Å². The number of nitrogens with one attached hydrogen (secondary N) is 2. The summed E-state index contributed by atoms with van der Waals surface area (Å²) in [7, 11) is 1.57. The molecular formula is C22H21N3O5S. The van der Waals surface area contributed by atoms with Crippen LogP contribution in [0.4, 0.5) is 5.69 Å². The number of carbonyl (C=O) groups excluding carboxylic acids is 2. The van der Waals surface area contributed by atoms with Gasteiger partial charge >= 0.3 is 5.97 Å². The molecule has 1 heterocycles. The number of H-pyrrole nitrogens is 1. The molecule has 0 aliphatic heterocycles. The molecule has 31 heavy (non-hydrogen) atoms. The highest BCUT2D eigenvalue weighted by Crippen LogP contribution is 2.22. The molecule has 2 N–H and O–H groups in total. The van der Waals surface area contributed by atoms with Crippen LogP contribution in [0.5, 0.6) is 5.75 Å². The third-order valence-electron chi connectivity index (χ3n) is 4.14. The van der Waals surface area contributed by atoms with Gasteiger partial charge in [-0.05, 0) is 43.3 Å². The lowest BCUT2D eigenvalue weighted by atomic mass is 10.1. The van der Waals surface area contributed by atoms with Crippen LogP contribution in [-0.4, -0.2) is 41.3 Å². The van der Waals surface area contributed by atoms with Crippen LogP contribution in [0.3, 0.4) is 0 Å². The van der Waals surface area contributed by atoms with Crippen molar-refractivity contribution in [2.24, 2.45) is 0 Å². The van der Waals surface area contributed by atoms with Crippen LogP contribution < -0.4 is 15.6 Å². The van der Waals surface area contributed by atoms with E-state index < -0.39 is 5.97 Å². The lowest BCUT2D eigenvalue weighted by Crippen LogP contribution is -2.18. The molecule has 0 bridgehead atoms. The zero-order chi connectivity index (χ0) is 22.2. The molecule has 9 heteroatoms. The average Bonchev–Trinajstić information content (AvgIpc) is 2.78. The fourth-order valence-electron chi connectivity index (χ4n) is 2.71. The van der Waals surface area contributed by atoms with Gasteiger partial charge in [0.25, 0.3) is 5.56 Å². The van der Waals surface area contributed by atoms with Crippen molar-refractivity contribution in [1.29, 1.82) is 0 Å². The molecule has 0 unspecified atom stereocenters. The fourth-order valence-corrected chi connectivity index (χ4v) is 3.39. The minimum absolute atomic E-state index is 0.00777. The maximum absolute atomic E-state index is 12.4. The van der Waals surface area contributed by atoms with Crippen molar-refractivity contribution in [2.45, 2.75) is 12.1 Å². The SMILES string of the molecule is CCOC(=O)c1ccccc1NC(=O)CSc1nc(-c2ccc(OC)cc2)cc(=O)[nH]1. The van der Waals surface area contributed by atoms with Crippen LogP contribution in [0.1, 0.15) is 17.3 Å². The van der Waals surface area contributed by atoms with Crippen molar-refractivity contribution in [2.75, 3.05) is 24.8 Å². The Labute approximate surface area is 183 Å². The van der Waals surface area contributed by atoms with Crippen LogP contribution in [0, 0.1) is 0 Å². The molecule has 0 fully saturated rings. The first-order chi connectivity index (χ1) is 15.0. The monoisotopic (exact) mass is 439 g/mol. The van der Waals surface area contributed by atoms with Crippen LogP contribution in [-0.2, 0) is 9.53 Å². The first-order valence-corrected chi connectivity index (χ1v) is 10.4. The van der Waals surface area contributed by atoms with Gasteiger partial charge in [-0.2, -0.15) is 0 Å². The highest BCUT2D eigenvalue weighted by molar-refractivity contribution is 7.99. The second-order valence-corrected chi connectivity index (χ2v) is 7.23. The second kappa shape index (κ2) is 10.4. The predicted octanol–water partition coefficient (Wildman–Crippen LogP) is 3.35. The zero-order valence-corrected chi connectivity index (χ0v) is 17.8. The van der Waals surface area contributed by atoms with E-state index in [4.69, 9.17) is 9.47 Å². The van der Waals surface area contributed by atoms with Gasteiger partial charge in [-0.3, -0.25) is 9.59 Å². The molecule has 0 saturated heterocycles. The Morgan fingerprint density at radius 2 is 1.87 bits per heavy atom. The number of benzene rings is 2. The quantitative estimate of drug-likeness (QED) is 0.315. The topological polar surface area (TPSA) is 110 Å². The van der Waals surface area contributed by atoms with Gasteiger partial charge in [-0.15, -0.1) is 0 Å². The molecule has 2 aromatic carbocycles. The maximum Gasteiger partial charge on any atom is 0.340 e. The number of aromatic amines is 1. The van der Waals surface area contributed by atoms with Crippen molar-refractivity contribution < 1.29 is 19.1 Å². The van der Waals surface area contributed by atoms with Gasteiger partial charge in [0, 0.05) is 11.6 Å². The van der Waals surface area contributed by atoms with E-state index in [9.17, 15) is 14.4 Å². The van der Waals surface area contributed by atoms with Crippen LogP contribution in [0.15, 0.2) is 64.5 Å². The molecule has 1 aromatic heterocycles. The number of para-hydroxylation sites is 1. The zero-order valence-electron chi connectivity index (χ0n) is 17.0. The number of anilines is 1. The maximum atomic E-state index is 12.4. The van der Waals surface area contributed by atoms with Crippen molar-refractivity contribution in [3.05, 3.63) is 70.5 Å². The number of methoxy groups -OCH3 is 1. The summed E-state index contributed by atoms with van der Waals surface area (Å²) in [6, 6.07) is 15.2. The van der Waals surface area contributed by atoms with Gasteiger partial charge in [0.15, 0.2) is 5.16 Å². The summed E-state index contributed by atoms with van der Waals surface area (Å²) < 4.78 is 10.1. The summed E-state index contributed by atoms with van der Waals surface area (Å²) in [5, 5.41) is 3.01. The van der Waals surface area contributed by atoms with Crippen molar-refractivity contribution in [1.82, 2.24) is 9.97 Å². The Kier molecular flexibility index (Phi) is 7.45. The Morgan fingerprint density at radius 3 is 2.58 bits per heavy atom. The predicted molar refractivity (Wildman–Crippen MR) is 119 cm³/mol. The number of aromatic nitrogens is 2. The number of hydrogen-bond donors (Lipinski definition) is 2. The number of thioether (sulfide) groups is 1. The Balaban J connectivity index is 1.69. The molecule has 0 atom stereocenters. The molecule has 0 radical (unpaired) electrons. The number of amides is 1. The third kappa shape index (κ3) is 5.95. The highest BCUT2D eigenvalue weighted by atomic mass is 32.2. The van der Waals surface area contributed by atoms with Gasteiger partial charge in [-0.1, -0.05) is 23.9 Å². The number of carbonyl (C=O) groups is 2. The van der Waals surface area contributed by atoms with Crippen molar-refractivity contribution >= 4 is 29.3 Å². The smallest absolute Gasteiger partial charge is 0.340 e. The molecule has 3 rings (SSSR count). The first-order valence-electron chi connectivity index (χ1n) is 9.44. The number of hydrogen-bond acceptors (Lipinski definition) is 7. The summed E-state index contributed by atoms with van der Waals surface area (Å²) in [6.07, 6.45) is 0. The number of ether oxygens (including phenoxy) is 2. The highest BCUT2D eigenvalue weighted by Gasteiger charge is 2.14. The molecule has 8 nitrogen and oxygen atoms in total. The van der Waals surface area contributed by atoms with E-state index in [0.29, 0.717) is 22.3 Å². The lowest BCUT2D eigenvalue weighted by Gasteiger charge is -2.10. The fraction of sp³-hybridized carbons (Fsp3) is 0.182. The summed E-state index contributed by atoms with van der Waals surface area (Å²) in [5.74, 6) is -0.168. The number of esters is 1. The summed E-state index contributed by atoms with van der Waals surface area (Å²) in [6.45, 7) is 1.95. The van der Waals surface area contributed by atoms with E-state index in [2.05, 4.69) is 15.3 Å². The molecule has 0 aliphatic rings. The Morgan fingerprint density at radius 1 is 1.13 bits per heavy atom. The molecule has 0 spiro atoms. The van der Waals surface area contributed by atoms with Gasteiger partial charge in [0.1, 0.15) is 5.75 Å². The molecule has 1 amide bonds.